The number of carbonyl (C=O) groups is 3. The Balaban J connectivity index is 1.38. The maximum atomic E-state index is 13.5. The quantitative estimate of drug-likeness (QED) is 0.275. The molecule has 0 heterocycles. The number of ether oxygens (including phenoxy) is 2. The van der Waals surface area contributed by atoms with Crippen LogP contribution >= 0.6 is 15.9 Å². The molecule has 39 heavy (non-hydrogen) atoms. The second kappa shape index (κ2) is 12.5. The molecule has 1 aliphatic carbocycles. The number of Topliss-reactive ketones (excluding diaryl/α,β-unsaturated/α-hetero) is 1. The molecule has 1 aliphatic rings. The van der Waals surface area contributed by atoms with Gasteiger partial charge in [-0.05, 0) is 56.0 Å². The Morgan fingerprint density at radius 2 is 1.56 bits per heavy atom. The van der Waals surface area contributed by atoms with E-state index in [9.17, 15) is 14.4 Å². The predicted molar refractivity (Wildman–Crippen MR) is 153 cm³/mol. The van der Waals surface area contributed by atoms with Crippen molar-refractivity contribution in [3.63, 3.8) is 0 Å². The first-order chi connectivity index (χ1) is 18.6. The van der Waals surface area contributed by atoms with Crippen LogP contribution < -0.4 is 10.6 Å². The summed E-state index contributed by atoms with van der Waals surface area (Å²) in [5.74, 6) is -0.106. The molecule has 0 aromatic heterocycles. The molecule has 0 aliphatic heterocycles. The summed E-state index contributed by atoms with van der Waals surface area (Å²) >= 11 is 3.39. The summed E-state index contributed by atoms with van der Waals surface area (Å²) in [6.45, 7) is 5.79. The summed E-state index contributed by atoms with van der Waals surface area (Å²) in [5.41, 5.74) is 2.89. The third kappa shape index (κ3) is 8.68. The van der Waals surface area contributed by atoms with Crippen LogP contribution in [-0.4, -0.2) is 35.7 Å². The lowest BCUT2D eigenvalue weighted by Gasteiger charge is -2.20. The van der Waals surface area contributed by atoms with E-state index in [0.717, 1.165) is 27.6 Å². The van der Waals surface area contributed by atoms with E-state index in [1.165, 1.54) is 0 Å². The van der Waals surface area contributed by atoms with Crippen molar-refractivity contribution in [1.29, 1.82) is 0 Å². The fraction of sp³-hybridized carbons (Fsp3) is 0.323. The molecular formula is C31H33BrN2O5. The summed E-state index contributed by atoms with van der Waals surface area (Å²) in [7, 11) is 0. The monoisotopic (exact) mass is 592 g/mol. The van der Waals surface area contributed by atoms with Crippen molar-refractivity contribution in [3.05, 3.63) is 106 Å². The van der Waals surface area contributed by atoms with Crippen molar-refractivity contribution in [2.75, 3.05) is 0 Å². The number of alkyl carbamates (subject to hydrolysis) is 2. The maximum Gasteiger partial charge on any atom is 0.408 e. The van der Waals surface area contributed by atoms with Gasteiger partial charge in [0.25, 0.3) is 0 Å². The lowest BCUT2D eigenvalue weighted by Crippen LogP contribution is -2.42. The normalized spacial score (nSPS) is 17.0. The molecule has 7 nitrogen and oxygen atoms in total. The zero-order chi connectivity index (χ0) is 28.0. The molecule has 0 bridgehead atoms. The molecule has 8 heteroatoms. The number of benzene rings is 3. The van der Waals surface area contributed by atoms with E-state index in [1.807, 2.05) is 87.5 Å². The minimum Gasteiger partial charge on any atom is -0.446 e. The van der Waals surface area contributed by atoms with Gasteiger partial charge < -0.3 is 20.1 Å². The second-order valence-electron chi connectivity index (χ2n) is 10.7. The number of ketones is 1. The lowest BCUT2D eigenvalue weighted by atomic mass is 9.96. The minimum absolute atomic E-state index is 0.0957. The average Bonchev–Trinajstić information content (AvgIpc) is 3.66. The predicted octanol–water partition coefficient (Wildman–Crippen LogP) is 6.55. The highest BCUT2D eigenvalue weighted by atomic mass is 79.9. The summed E-state index contributed by atoms with van der Waals surface area (Å²) in [4.78, 5) is 38.2. The van der Waals surface area contributed by atoms with Crippen LogP contribution in [0, 0.1) is 0 Å². The molecule has 4 rings (SSSR count). The number of nitrogens with one attached hydrogen (secondary N) is 2. The first-order valence-corrected chi connectivity index (χ1v) is 13.7. The molecule has 0 saturated heterocycles. The molecule has 3 aromatic rings. The molecule has 204 valence electrons. The Morgan fingerprint density at radius 3 is 2.21 bits per heavy atom. The van der Waals surface area contributed by atoms with Gasteiger partial charge >= 0.3 is 12.2 Å². The SMILES string of the molecule is CC(C)(C)NC(=O)OC1CC1c1ccc(C(=O)[C@H](Cc2ccccc2)NC(=O)OCc2ccc(Br)cc2)cc1. The van der Waals surface area contributed by atoms with Crippen LogP contribution in [0.5, 0.6) is 0 Å². The molecule has 2 unspecified atom stereocenters. The van der Waals surface area contributed by atoms with Crippen molar-refractivity contribution in [1.82, 2.24) is 10.6 Å². The Morgan fingerprint density at radius 1 is 0.897 bits per heavy atom. The van der Waals surface area contributed by atoms with Crippen LogP contribution in [0.2, 0.25) is 0 Å². The van der Waals surface area contributed by atoms with E-state index in [0.29, 0.717) is 12.0 Å². The van der Waals surface area contributed by atoms with Gasteiger partial charge in [0.2, 0.25) is 0 Å². The Kier molecular flexibility index (Phi) is 9.07. The number of halogens is 1. The molecule has 1 saturated carbocycles. The first-order valence-electron chi connectivity index (χ1n) is 12.9. The van der Waals surface area contributed by atoms with Crippen molar-refractivity contribution in [2.45, 2.75) is 63.8 Å². The average molecular weight is 594 g/mol. The zero-order valence-electron chi connectivity index (χ0n) is 22.3. The van der Waals surface area contributed by atoms with E-state index in [4.69, 9.17) is 9.47 Å². The van der Waals surface area contributed by atoms with E-state index in [-0.39, 0.29) is 30.0 Å². The van der Waals surface area contributed by atoms with Crippen molar-refractivity contribution >= 4 is 33.9 Å². The standard InChI is InChI=1S/C31H33BrN2O5/c1-31(2,3)34-30(37)39-27-18-25(27)22-11-13-23(14-12-22)28(35)26(17-20-7-5-4-6-8-20)33-29(36)38-19-21-9-15-24(32)16-10-21/h4-16,25-27H,17-19H2,1-3H3,(H,33,36)(H,34,37)/t25?,26-,27?/m0/s1. The summed E-state index contributed by atoms with van der Waals surface area (Å²) < 4.78 is 11.8. The van der Waals surface area contributed by atoms with Gasteiger partial charge in [0.05, 0.1) is 6.04 Å². The van der Waals surface area contributed by atoms with Crippen LogP contribution in [0.4, 0.5) is 9.59 Å². The van der Waals surface area contributed by atoms with Gasteiger partial charge in [-0.2, -0.15) is 0 Å². The molecule has 2 amide bonds. The fourth-order valence-corrected chi connectivity index (χ4v) is 4.46. The molecule has 2 N–H and O–H groups in total. The third-order valence-corrected chi connectivity index (χ3v) is 6.79. The molecule has 3 aromatic carbocycles. The Bertz CT molecular complexity index is 1290. The molecule has 0 spiro atoms. The number of rotatable bonds is 9. The maximum absolute atomic E-state index is 13.5. The minimum atomic E-state index is -0.797. The van der Waals surface area contributed by atoms with Gasteiger partial charge in [-0.1, -0.05) is 82.7 Å². The van der Waals surface area contributed by atoms with Gasteiger partial charge in [0.1, 0.15) is 12.7 Å². The summed E-state index contributed by atoms with van der Waals surface area (Å²) in [6, 6.07) is 23.5. The van der Waals surface area contributed by atoms with Gasteiger partial charge in [0.15, 0.2) is 5.78 Å². The van der Waals surface area contributed by atoms with E-state index in [2.05, 4.69) is 26.6 Å². The van der Waals surface area contributed by atoms with Gasteiger partial charge in [-0.3, -0.25) is 4.79 Å². The summed E-state index contributed by atoms with van der Waals surface area (Å²) in [6.07, 6.45) is -0.190. The van der Waals surface area contributed by atoms with Crippen molar-refractivity contribution in [2.24, 2.45) is 0 Å². The number of carbonyl (C=O) groups excluding carboxylic acids is 3. The van der Waals surface area contributed by atoms with Crippen LogP contribution in [-0.2, 0) is 22.5 Å². The third-order valence-electron chi connectivity index (χ3n) is 6.27. The smallest absolute Gasteiger partial charge is 0.408 e. The van der Waals surface area contributed by atoms with Crippen LogP contribution in [0.1, 0.15) is 60.2 Å². The molecular weight excluding hydrogens is 560 g/mol. The van der Waals surface area contributed by atoms with Crippen molar-refractivity contribution < 1.29 is 23.9 Å². The number of hydrogen-bond donors (Lipinski definition) is 2. The van der Waals surface area contributed by atoms with Crippen LogP contribution in [0.25, 0.3) is 0 Å². The zero-order valence-corrected chi connectivity index (χ0v) is 23.9. The highest BCUT2D eigenvalue weighted by molar-refractivity contribution is 9.10. The van der Waals surface area contributed by atoms with E-state index >= 15 is 0 Å². The second-order valence-corrected chi connectivity index (χ2v) is 11.7. The highest BCUT2D eigenvalue weighted by Gasteiger charge is 2.42. The van der Waals surface area contributed by atoms with Gasteiger partial charge in [-0.15, -0.1) is 0 Å². The number of hydrogen-bond acceptors (Lipinski definition) is 5. The Labute approximate surface area is 237 Å². The van der Waals surface area contributed by atoms with E-state index < -0.39 is 18.2 Å². The molecule has 0 radical (unpaired) electrons. The topological polar surface area (TPSA) is 93.7 Å². The van der Waals surface area contributed by atoms with E-state index in [1.54, 1.807) is 12.1 Å². The van der Waals surface area contributed by atoms with Gasteiger partial charge in [0, 0.05) is 27.9 Å². The highest BCUT2D eigenvalue weighted by Crippen LogP contribution is 2.43. The van der Waals surface area contributed by atoms with Crippen molar-refractivity contribution in [3.8, 4) is 0 Å². The largest absolute Gasteiger partial charge is 0.446 e. The first kappa shape index (κ1) is 28.4. The summed E-state index contributed by atoms with van der Waals surface area (Å²) in [5, 5.41) is 5.56. The van der Waals surface area contributed by atoms with Crippen LogP contribution in [0.15, 0.2) is 83.3 Å². The number of amides is 2. The lowest BCUT2D eigenvalue weighted by molar-refractivity contribution is 0.0916. The Hall–Kier alpha value is -3.65. The molecule has 1 fully saturated rings. The van der Waals surface area contributed by atoms with Gasteiger partial charge in [-0.25, -0.2) is 9.59 Å². The molecule has 3 atom stereocenters. The van der Waals surface area contributed by atoms with Crippen LogP contribution in [0.3, 0.4) is 0 Å². The fourth-order valence-electron chi connectivity index (χ4n) is 4.19.